The van der Waals surface area contributed by atoms with Crippen molar-refractivity contribution in [2.24, 2.45) is 0 Å². The predicted octanol–water partition coefficient (Wildman–Crippen LogP) is 5.44. The van der Waals surface area contributed by atoms with Crippen LogP contribution in [0.25, 0.3) is 10.9 Å². The van der Waals surface area contributed by atoms with Gasteiger partial charge in [-0.2, -0.15) is 0 Å². The van der Waals surface area contributed by atoms with E-state index in [1.54, 1.807) is 6.07 Å². The summed E-state index contributed by atoms with van der Waals surface area (Å²) in [5.41, 5.74) is 3.45. The molecule has 0 radical (unpaired) electrons. The summed E-state index contributed by atoms with van der Waals surface area (Å²) in [6, 6.07) is 3.77. The molecule has 2 nitrogen and oxygen atoms in total. The Morgan fingerprint density at radius 3 is 3.05 bits per heavy atom. The van der Waals surface area contributed by atoms with Crippen LogP contribution < -0.4 is 0 Å². The normalized spacial score (nSPS) is 18.9. The molecule has 0 saturated carbocycles. The Labute approximate surface area is 128 Å². The number of aromatic nitrogens is 1. The monoisotopic (exact) mass is 309 g/mol. The van der Waals surface area contributed by atoms with E-state index in [0.29, 0.717) is 10.0 Å². The fourth-order valence-corrected chi connectivity index (χ4v) is 3.41. The highest BCUT2D eigenvalue weighted by Crippen LogP contribution is 2.38. The lowest BCUT2D eigenvalue weighted by Crippen LogP contribution is -2.15. The van der Waals surface area contributed by atoms with Crippen molar-refractivity contribution in [3.05, 3.63) is 45.6 Å². The second-order valence-electron chi connectivity index (χ2n) is 5.08. The molecule has 0 aliphatic carbocycles. The maximum Gasteiger partial charge on any atom is 0.0978 e. The van der Waals surface area contributed by atoms with Crippen molar-refractivity contribution in [3.8, 4) is 0 Å². The SMILES string of the molecule is C/C=C/CCC1OCCc2c1[nH]c1c(Cl)cc(Cl)cc21. The van der Waals surface area contributed by atoms with Crippen molar-refractivity contribution in [3.63, 3.8) is 0 Å². The molecule has 1 N–H and O–H groups in total. The molecule has 3 rings (SSSR count). The Hall–Kier alpha value is -0.960. The molecule has 0 bridgehead atoms. The molecular formula is C16H17Cl2NO. The second-order valence-corrected chi connectivity index (χ2v) is 5.93. The summed E-state index contributed by atoms with van der Waals surface area (Å²) >= 11 is 12.4. The lowest BCUT2D eigenvalue weighted by Gasteiger charge is -2.23. The molecule has 2 aromatic rings. The molecule has 0 spiro atoms. The van der Waals surface area contributed by atoms with Gasteiger partial charge >= 0.3 is 0 Å². The molecule has 4 heteroatoms. The molecule has 20 heavy (non-hydrogen) atoms. The van der Waals surface area contributed by atoms with Crippen molar-refractivity contribution in [2.75, 3.05) is 6.61 Å². The van der Waals surface area contributed by atoms with Crippen LogP contribution in [0.4, 0.5) is 0 Å². The smallest absolute Gasteiger partial charge is 0.0978 e. The van der Waals surface area contributed by atoms with Gasteiger partial charge in [0.25, 0.3) is 0 Å². The molecule has 2 heterocycles. The summed E-state index contributed by atoms with van der Waals surface area (Å²) in [5, 5.41) is 2.49. The van der Waals surface area contributed by atoms with Crippen LogP contribution in [-0.2, 0) is 11.2 Å². The van der Waals surface area contributed by atoms with Crippen molar-refractivity contribution < 1.29 is 4.74 Å². The van der Waals surface area contributed by atoms with Gasteiger partial charge in [0, 0.05) is 16.1 Å². The number of ether oxygens (including phenoxy) is 1. The fourth-order valence-electron chi connectivity index (χ4n) is 2.87. The van der Waals surface area contributed by atoms with Crippen LogP contribution in [0.1, 0.15) is 37.1 Å². The number of allylic oxidation sites excluding steroid dienone is 2. The van der Waals surface area contributed by atoms with E-state index < -0.39 is 0 Å². The van der Waals surface area contributed by atoms with E-state index >= 15 is 0 Å². The third-order valence-electron chi connectivity index (χ3n) is 3.79. The Kier molecular flexibility index (Phi) is 4.06. The van der Waals surface area contributed by atoms with Crippen LogP contribution in [0, 0.1) is 0 Å². The van der Waals surface area contributed by atoms with E-state index in [0.717, 1.165) is 36.8 Å². The molecule has 106 valence electrons. The first kappa shape index (κ1) is 14.0. The number of nitrogens with one attached hydrogen (secondary N) is 1. The predicted molar refractivity (Wildman–Crippen MR) is 84.8 cm³/mol. The van der Waals surface area contributed by atoms with E-state index in [4.69, 9.17) is 27.9 Å². The second kappa shape index (κ2) is 5.80. The standard InChI is InChI=1S/C16H17Cl2NO/c1-2-3-4-5-14-16-11(6-7-20-14)12-8-10(17)9-13(18)15(12)19-16/h2-3,8-9,14,19H,4-7H2,1H3/b3-2+. The van der Waals surface area contributed by atoms with Gasteiger partial charge in [-0.3, -0.25) is 0 Å². The van der Waals surface area contributed by atoms with E-state index in [9.17, 15) is 0 Å². The zero-order valence-electron chi connectivity index (χ0n) is 11.4. The zero-order chi connectivity index (χ0) is 14.1. The van der Waals surface area contributed by atoms with Gasteiger partial charge < -0.3 is 9.72 Å². The highest BCUT2D eigenvalue weighted by Gasteiger charge is 2.25. The minimum absolute atomic E-state index is 0.122. The molecule has 1 atom stereocenters. The minimum atomic E-state index is 0.122. The number of hydrogen-bond donors (Lipinski definition) is 1. The van der Waals surface area contributed by atoms with Crippen LogP contribution >= 0.6 is 23.2 Å². The van der Waals surface area contributed by atoms with Crippen LogP contribution in [0.2, 0.25) is 10.0 Å². The molecule has 1 aliphatic heterocycles. The van der Waals surface area contributed by atoms with Gasteiger partial charge in [-0.25, -0.2) is 0 Å². The summed E-state index contributed by atoms with van der Waals surface area (Å²) in [7, 11) is 0. The maximum atomic E-state index is 6.29. The van der Waals surface area contributed by atoms with E-state index in [2.05, 4.69) is 17.1 Å². The summed E-state index contributed by atoms with van der Waals surface area (Å²) < 4.78 is 5.91. The lowest BCUT2D eigenvalue weighted by atomic mass is 10.00. The minimum Gasteiger partial charge on any atom is -0.372 e. The van der Waals surface area contributed by atoms with Crippen molar-refractivity contribution >= 4 is 34.1 Å². The van der Waals surface area contributed by atoms with Crippen molar-refractivity contribution in [1.82, 2.24) is 4.98 Å². The van der Waals surface area contributed by atoms with Crippen LogP contribution in [0.15, 0.2) is 24.3 Å². The first-order valence-electron chi connectivity index (χ1n) is 6.93. The van der Waals surface area contributed by atoms with Gasteiger partial charge in [-0.15, -0.1) is 0 Å². The van der Waals surface area contributed by atoms with Crippen LogP contribution in [0.3, 0.4) is 0 Å². The number of fused-ring (bicyclic) bond motifs is 3. The third-order valence-corrected chi connectivity index (χ3v) is 4.31. The van der Waals surface area contributed by atoms with E-state index in [1.165, 1.54) is 11.3 Å². The summed E-state index contributed by atoms with van der Waals surface area (Å²) in [4.78, 5) is 3.45. The van der Waals surface area contributed by atoms with Crippen LogP contribution in [-0.4, -0.2) is 11.6 Å². The molecule has 0 saturated heterocycles. The largest absolute Gasteiger partial charge is 0.372 e. The average molecular weight is 310 g/mol. The van der Waals surface area contributed by atoms with Gasteiger partial charge in [0.15, 0.2) is 0 Å². The third kappa shape index (κ3) is 2.48. The zero-order valence-corrected chi connectivity index (χ0v) is 12.9. The van der Waals surface area contributed by atoms with Gasteiger partial charge in [-0.05, 0) is 43.9 Å². The number of halogens is 2. The summed E-state index contributed by atoms with van der Waals surface area (Å²) in [6.45, 7) is 2.79. The molecular weight excluding hydrogens is 293 g/mol. The van der Waals surface area contributed by atoms with E-state index in [-0.39, 0.29) is 6.10 Å². The Balaban J connectivity index is 2.03. The van der Waals surface area contributed by atoms with Gasteiger partial charge in [0.05, 0.1) is 23.3 Å². The van der Waals surface area contributed by atoms with Gasteiger partial charge in [-0.1, -0.05) is 35.4 Å². The molecule has 1 aromatic heterocycles. The molecule has 1 unspecified atom stereocenters. The lowest BCUT2D eigenvalue weighted by molar-refractivity contribution is 0.0350. The highest BCUT2D eigenvalue weighted by atomic mass is 35.5. The molecule has 1 aliphatic rings. The highest BCUT2D eigenvalue weighted by molar-refractivity contribution is 6.38. The Morgan fingerprint density at radius 1 is 1.40 bits per heavy atom. The van der Waals surface area contributed by atoms with Crippen LogP contribution in [0.5, 0.6) is 0 Å². The van der Waals surface area contributed by atoms with Crippen molar-refractivity contribution in [1.29, 1.82) is 0 Å². The summed E-state index contributed by atoms with van der Waals surface area (Å²) in [5.74, 6) is 0. The Bertz CT molecular complexity index is 660. The molecule has 0 fully saturated rings. The number of rotatable bonds is 3. The topological polar surface area (TPSA) is 25.0 Å². The molecule has 0 amide bonds. The van der Waals surface area contributed by atoms with Gasteiger partial charge in [0.1, 0.15) is 0 Å². The van der Waals surface area contributed by atoms with Gasteiger partial charge in [0.2, 0.25) is 0 Å². The number of hydrogen-bond acceptors (Lipinski definition) is 1. The first-order chi connectivity index (χ1) is 9.70. The maximum absolute atomic E-state index is 6.29. The first-order valence-corrected chi connectivity index (χ1v) is 7.68. The van der Waals surface area contributed by atoms with E-state index in [1.807, 2.05) is 13.0 Å². The van der Waals surface area contributed by atoms with Crippen molar-refractivity contribution in [2.45, 2.75) is 32.3 Å². The summed E-state index contributed by atoms with van der Waals surface area (Å²) in [6.07, 6.45) is 7.28. The number of H-pyrrole nitrogens is 1. The number of aromatic amines is 1. The average Bonchev–Trinajstić information content (AvgIpc) is 2.79. The quantitative estimate of drug-likeness (QED) is 0.750. The fraction of sp³-hybridized carbons (Fsp3) is 0.375. The Morgan fingerprint density at radius 2 is 2.25 bits per heavy atom. The number of benzene rings is 1. The molecule has 1 aromatic carbocycles.